The molecule has 0 aliphatic heterocycles. The van der Waals surface area contributed by atoms with Crippen molar-refractivity contribution in [2.75, 3.05) is 6.61 Å². The monoisotopic (exact) mass is 150 g/mol. The Bertz CT molecular complexity index is 114. The normalized spacial score (nSPS) is 12.4. The molecule has 7 heteroatoms. The summed E-state index contributed by atoms with van der Waals surface area (Å²) < 4.78 is 3.67. The molecule has 0 rings (SSSR count). The molecule has 0 aromatic carbocycles. The van der Waals surface area contributed by atoms with Crippen LogP contribution in [0.25, 0.3) is 0 Å². The maximum Gasteiger partial charge on any atom is 0.709 e. The molecule has 1 atom stereocenters. The molecule has 0 aliphatic rings. The van der Waals surface area contributed by atoms with Crippen molar-refractivity contribution in [2.45, 2.75) is 6.10 Å². The average Bonchev–Trinajstić information content (AvgIpc) is 1.85. The fraction of sp³-hybridized carbons (Fsp3) is 0.667. The van der Waals surface area contributed by atoms with Crippen LogP contribution in [0.2, 0.25) is 0 Å². The van der Waals surface area contributed by atoms with Gasteiger partial charge in [0, 0.05) is 0 Å². The van der Waals surface area contributed by atoms with E-state index in [0.29, 0.717) is 0 Å². The van der Waals surface area contributed by atoms with E-state index in [-0.39, 0.29) is 0 Å². The molecule has 0 fully saturated rings. The first-order valence-electron chi connectivity index (χ1n) is 2.43. The van der Waals surface area contributed by atoms with E-state index in [4.69, 9.17) is 20.3 Å². The number of hydrogen-bond acceptors (Lipinski definition) is 6. The van der Waals surface area contributed by atoms with E-state index in [0.717, 1.165) is 0 Å². The van der Waals surface area contributed by atoms with Crippen molar-refractivity contribution in [2.24, 2.45) is 0 Å². The molecule has 6 nitrogen and oxygen atoms in total. The summed E-state index contributed by atoms with van der Waals surface area (Å²) in [6.07, 6.45) is -1.72. The first-order valence-corrected chi connectivity index (χ1v) is 2.43. The number of aliphatic hydroxyl groups excluding tert-OH is 2. The zero-order chi connectivity index (χ0) is 8.15. The van der Waals surface area contributed by atoms with Crippen LogP contribution in [-0.2, 0) is 9.45 Å². The number of carbonyl (C=O) groups is 1. The van der Waals surface area contributed by atoms with Crippen molar-refractivity contribution >= 4 is 13.3 Å². The van der Waals surface area contributed by atoms with Crippen LogP contribution >= 0.6 is 0 Å². The largest absolute Gasteiger partial charge is 0.709 e. The SMILES string of the molecule is O=C(OB(O)O)C(O)CO. The van der Waals surface area contributed by atoms with Crippen molar-refractivity contribution in [3.63, 3.8) is 0 Å². The highest BCUT2D eigenvalue weighted by atomic mass is 16.7. The minimum absolute atomic E-state index is 0.814. The zero-order valence-electron chi connectivity index (χ0n) is 4.97. The third-order valence-electron chi connectivity index (χ3n) is 0.667. The summed E-state index contributed by atoms with van der Waals surface area (Å²) >= 11 is 0. The van der Waals surface area contributed by atoms with Crippen molar-refractivity contribution < 1.29 is 29.7 Å². The summed E-state index contributed by atoms with van der Waals surface area (Å²) in [5, 5.41) is 32.5. The topological polar surface area (TPSA) is 107 Å². The van der Waals surface area contributed by atoms with Crippen LogP contribution in [-0.4, -0.2) is 46.3 Å². The summed E-state index contributed by atoms with van der Waals surface area (Å²) in [6, 6.07) is 0. The maximum atomic E-state index is 10.2. The summed E-state index contributed by atoms with van der Waals surface area (Å²) in [4.78, 5) is 10.2. The Balaban J connectivity index is 3.62. The quantitative estimate of drug-likeness (QED) is 0.316. The third-order valence-corrected chi connectivity index (χ3v) is 0.667. The molecule has 1 unspecified atom stereocenters. The predicted molar refractivity (Wildman–Crippen MR) is 29.4 cm³/mol. The van der Waals surface area contributed by atoms with Crippen LogP contribution < -0.4 is 0 Å². The lowest BCUT2D eigenvalue weighted by molar-refractivity contribution is -0.148. The molecule has 0 aromatic rings. The van der Waals surface area contributed by atoms with Gasteiger partial charge in [-0.3, -0.25) is 4.79 Å². The van der Waals surface area contributed by atoms with Gasteiger partial charge in [0.25, 0.3) is 0 Å². The van der Waals surface area contributed by atoms with Gasteiger partial charge in [-0.2, -0.15) is 0 Å². The van der Waals surface area contributed by atoms with Crippen LogP contribution in [0.1, 0.15) is 0 Å². The second-order valence-electron chi connectivity index (χ2n) is 1.46. The molecule has 0 amide bonds. The number of hydrogen-bond donors (Lipinski definition) is 4. The fourth-order valence-corrected chi connectivity index (χ4v) is 0.257. The Morgan fingerprint density at radius 1 is 1.60 bits per heavy atom. The minimum atomic E-state index is -2.26. The van der Waals surface area contributed by atoms with Crippen LogP contribution in [0.3, 0.4) is 0 Å². The molecule has 0 heterocycles. The lowest BCUT2D eigenvalue weighted by Crippen LogP contribution is -2.32. The maximum absolute atomic E-state index is 10.2. The highest BCUT2D eigenvalue weighted by Gasteiger charge is 2.21. The molecule has 0 bridgehead atoms. The summed E-state index contributed by atoms with van der Waals surface area (Å²) in [5.74, 6) is -1.28. The fourth-order valence-electron chi connectivity index (χ4n) is 0.257. The lowest BCUT2D eigenvalue weighted by atomic mass is 10.2. The Morgan fingerprint density at radius 3 is 2.40 bits per heavy atom. The molecule has 58 valence electrons. The second kappa shape index (κ2) is 4.23. The summed E-state index contributed by atoms with van der Waals surface area (Å²) in [7, 11) is -2.26. The molecule has 4 N–H and O–H groups in total. The molecular formula is C3H7BO6. The molecule has 0 saturated heterocycles. The van der Waals surface area contributed by atoms with Crippen molar-refractivity contribution in [3.8, 4) is 0 Å². The minimum Gasteiger partial charge on any atom is -0.483 e. The molecule has 0 aromatic heterocycles. The highest BCUT2D eigenvalue weighted by Crippen LogP contribution is 1.86. The number of carbonyl (C=O) groups excluding carboxylic acids is 1. The number of rotatable bonds is 3. The first kappa shape index (κ1) is 9.37. The molecule has 0 saturated carbocycles. The van der Waals surface area contributed by atoms with Gasteiger partial charge in [-0.25, -0.2) is 0 Å². The molecule has 0 spiro atoms. The van der Waals surface area contributed by atoms with Crippen LogP contribution in [0.5, 0.6) is 0 Å². The van der Waals surface area contributed by atoms with Gasteiger partial charge < -0.3 is 24.9 Å². The Morgan fingerprint density at radius 2 is 2.10 bits per heavy atom. The van der Waals surface area contributed by atoms with Crippen molar-refractivity contribution in [3.05, 3.63) is 0 Å². The molecule has 0 aliphatic carbocycles. The van der Waals surface area contributed by atoms with E-state index in [1.807, 2.05) is 0 Å². The Labute approximate surface area is 56.8 Å². The van der Waals surface area contributed by atoms with E-state index in [2.05, 4.69) is 4.65 Å². The average molecular weight is 150 g/mol. The summed E-state index contributed by atoms with van der Waals surface area (Å²) in [6.45, 7) is -0.814. The van der Waals surface area contributed by atoms with E-state index in [1.165, 1.54) is 0 Å². The highest BCUT2D eigenvalue weighted by molar-refractivity contribution is 6.35. The van der Waals surface area contributed by atoms with Gasteiger partial charge in [0.1, 0.15) is 0 Å². The van der Waals surface area contributed by atoms with Gasteiger partial charge >= 0.3 is 13.3 Å². The first-order chi connectivity index (χ1) is 4.57. The molecular weight excluding hydrogens is 143 g/mol. The van der Waals surface area contributed by atoms with Crippen molar-refractivity contribution in [1.29, 1.82) is 0 Å². The van der Waals surface area contributed by atoms with Gasteiger partial charge in [-0.05, 0) is 0 Å². The molecule has 0 radical (unpaired) electrons. The van der Waals surface area contributed by atoms with Crippen LogP contribution in [0.4, 0.5) is 0 Å². The van der Waals surface area contributed by atoms with Gasteiger partial charge in [0.05, 0.1) is 6.61 Å². The third kappa shape index (κ3) is 3.41. The van der Waals surface area contributed by atoms with Gasteiger partial charge in [-0.15, -0.1) is 0 Å². The van der Waals surface area contributed by atoms with Crippen LogP contribution in [0.15, 0.2) is 0 Å². The van der Waals surface area contributed by atoms with E-state index < -0.39 is 26.0 Å². The predicted octanol–water partition coefficient (Wildman–Crippen LogP) is -3.15. The Hall–Kier alpha value is -0.625. The molecule has 10 heavy (non-hydrogen) atoms. The van der Waals surface area contributed by atoms with Gasteiger partial charge in [-0.1, -0.05) is 0 Å². The number of aliphatic hydroxyl groups is 2. The zero-order valence-corrected chi connectivity index (χ0v) is 4.97. The standard InChI is InChI=1S/C3H7BO6/c5-1-2(6)3(7)10-4(8)9/h2,5-6,8-9H,1H2. The van der Waals surface area contributed by atoms with Crippen LogP contribution in [0, 0.1) is 0 Å². The van der Waals surface area contributed by atoms with E-state index >= 15 is 0 Å². The van der Waals surface area contributed by atoms with E-state index in [9.17, 15) is 4.79 Å². The van der Waals surface area contributed by atoms with Gasteiger partial charge in [0.2, 0.25) is 0 Å². The van der Waals surface area contributed by atoms with Gasteiger partial charge in [0.15, 0.2) is 6.10 Å². The summed E-state index contributed by atoms with van der Waals surface area (Å²) in [5.41, 5.74) is 0. The smallest absolute Gasteiger partial charge is 0.483 e. The van der Waals surface area contributed by atoms with Crippen molar-refractivity contribution in [1.82, 2.24) is 0 Å². The second-order valence-corrected chi connectivity index (χ2v) is 1.46. The lowest BCUT2D eigenvalue weighted by Gasteiger charge is -2.05. The Kier molecular flexibility index (Phi) is 3.97. The van der Waals surface area contributed by atoms with E-state index in [1.54, 1.807) is 0 Å².